The first-order chi connectivity index (χ1) is 14.1. The number of hydrogen-bond acceptors (Lipinski definition) is 3. The van der Waals surface area contributed by atoms with Crippen molar-refractivity contribution in [2.24, 2.45) is 0 Å². The molecule has 160 valence electrons. The molecule has 0 aliphatic heterocycles. The van der Waals surface area contributed by atoms with Crippen LogP contribution in [0.25, 0.3) is 0 Å². The van der Waals surface area contributed by atoms with Crippen LogP contribution in [0.15, 0.2) is 71.8 Å². The van der Waals surface area contributed by atoms with Crippen LogP contribution < -0.4 is 0 Å². The highest BCUT2D eigenvalue weighted by molar-refractivity contribution is 7.89. The van der Waals surface area contributed by atoms with Gasteiger partial charge >= 0.3 is 0 Å². The summed E-state index contributed by atoms with van der Waals surface area (Å²) in [6.45, 7) is 10.9. The van der Waals surface area contributed by atoms with Crippen LogP contribution in [0, 0.1) is 18.4 Å². The van der Waals surface area contributed by atoms with Gasteiger partial charge in [-0.2, -0.15) is 0 Å². The molecule has 6 heteroatoms. The van der Waals surface area contributed by atoms with E-state index in [9.17, 15) is 8.42 Å². The Balaban J connectivity index is 2.20. The maximum Gasteiger partial charge on any atom is 0.264 e. The lowest BCUT2D eigenvalue weighted by molar-refractivity contribution is 0.126. The lowest BCUT2D eigenvalue weighted by Crippen LogP contribution is -2.26. The minimum Gasteiger partial charge on any atom is -0.362 e. The molecule has 0 saturated carbocycles. The topological polar surface area (TPSA) is 46.6 Å². The van der Waals surface area contributed by atoms with E-state index < -0.39 is 18.1 Å². The molecule has 2 aromatic carbocycles. The summed E-state index contributed by atoms with van der Waals surface area (Å²) in [5.74, 6) is 3.07. The zero-order valence-corrected chi connectivity index (χ0v) is 20.2. The summed E-state index contributed by atoms with van der Waals surface area (Å²) >= 11 is 0. The third kappa shape index (κ3) is 7.83. The minimum atomic E-state index is -3.69. The first-order valence-electron chi connectivity index (χ1n) is 10.0. The second kappa shape index (κ2) is 10.6. The molecule has 0 spiro atoms. The molecule has 4 nitrogen and oxygen atoms in total. The van der Waals surface area contributed by atoms with Crippen LogP contribution in [0.5, 0.6) is 0 Å². The van der Waals surface area contributed by atoms with Gasteiger partial charge in [0.2, 0.25) is 0 Å². The van der Waals surface area contributed by atoms with E-state index in [1.807, 2.05) is 44.2 Å². The zero-order valence-electron chi connectivity index (χ0n) is 18.4. The van der Waals surface area contributed by atoms with Crippen LogP contribution >= 0.6 is 0 Å². The van der Waals surface area contributed by atoms with Crippen molar-refractivity contribution in [2.75, 3.05) is 6.61 Å². The normalized spacial score (nSPS) is 13.0. The molecule has 0 saturated heterocycles. The summed E-state index contributed by atoms with van der Waals surface area (Å²) in [6, 6.07) is 16.4. The van der Waals surface area contributed by atoms with E-state index >= 15 is 0 Å². The Morgan fingerprint density at radius 2 is 1.70 bits per heavy atom. The van der Waals surface area contributed by atoms with Gasteiger partial charge in [-0.05, 0) is 37.6 Å². The Kier molecular flexibility index (Phi) is 8.48. The molecule has 0 amide bonds. The van der Waals surface area contributed by atoms with Crippen LogP contribution in [0.1, 0.15) is 18.1 Å². The van der Waals surface area contributed by atoms with E-state index in [0.29, 0.717) is 6.61 Å². The highest BCUT2D eigenvalue weighted by Gasteiger charge is 2.22. The summed E-state index contributed by atoms with van der Waals surface area (Å²) in [7, 11) is -5.11. The van der Waals surface area contributed by atoms with Gasteiger partial charge in [0.05, 0.1) is 17.5 Å². The Labute approximate surface area is 182 Å². The number of hydrogen-bond donors (Lipinski definition) is 0. The van der Waals surface area contributed by atoms with Crippen LogP contribution in [0.3, 0.4) is 0 Å². The largest absolute Gasteiger partial charge is 0.362 e. The molecule has 0 aliphatic carbocycles. The number of nitrogens with zero attached hydrogens (tertiary/aromatic N) is 1. The van der Waals surface area contributed by atoms with Gasteiger partial charge in [0.1, 0.15) is 14.7 Å². The highest BCUT2D eigenvalue weighted by atomic mass is 32.2. The molecule has 30 heavy (non-hydrogen) atoms. The summed E-state index contributed by atoms with van der Waals surface area (Å²) in [5.41, 5.74) is 5.18. The highest BCUT2D eigenvalue weighted by Crippen LogP contribution is 2.20. The number of rotatable bonds is 8. The van der Waals surface area contributed by atoms with Crippen molar-refractivity contribution in [3.05, 3.63) is 78.0 Å². The van der Waals surface area contributed by atoms with Gasteiger partial charge in [0.25, 0.3) is 10.0 Å². The van der Waals surface area contributed by atoms with E-state index in [-0.39, 0.29) is 17.5 Å². The van der Waals surface area contributed by atoms with E-state index in [2.05, 4.69) is 31.1 Å². The fourth-order valence-electron chi connectivity index (χ4n) is 2.57. The molecule has 0 fully saturated rings. The maximum atomic E-state index is 13.2. The van der Waals surface area contributed by atoms with Crippen LogP contribution in [0.2, 0.25) is 19.6 Å². The second-order valence-corrected chi connectivity index (χ2v) is 14.9. The minimum absolute atomic E-state index is 0.246. The molecule has 0 aromatic heterocycles. The van der Waals surface area contributed by atoms with E-state index in [1.54, 1.807) is 36.5 Å². The summed E-state index contributed by atoms with van der Waals surface area (Å²) < 4.78 is 33.6. The molecule has 0 radical (unpaired) electrons. The van der Waals surface area contributed by atoms with Crippen molar-refractivity contribution in [1.82, 2.24) is 4.31 Å². The standard InChI is InChI=1S/C24H31NO3SSi/c1-21-12-14-24(15-13-21)29(26,27)25(20-23-10-7-6-8-11-23)17-16-22(2)28-18-9-19-30(3,4)5/h6-8,10-17,22H,18,20H2,1-5H3/b17-16+. The molecule has 1 atom stereocenters. The second-order valence-electron chi connectivity index (χ2n) is 8.26. The van der Waals surface area contributed by atoms with Crippen molar-refractivity contribution in [3.63, 3.8) is 0 Å². The van der Waals surface area contributed by atoms with Gasteiger partial charge < -0.3 is 4.74 Å². The molecular weight excluding hydrogens is 410 g/mol. The van der Waals surface area contributed by atoms with Gasteiger partial charge in [-0.3, -0.25) is 4.31 Å². The molecule has 0 N–H and O–H groups in total. The van der Waals surface area contributed by atoms with Crippen molar-refractivity contribution >= 4 is 18.1 Å². The summed E-state index contributed by atoms with van der Waals surface area (Å²) in [6.07, 6.45) is 3.09. The Hall–Kier alpha value is -2.33. The van der Waals surface area contributed by atoms with Gasteiger partial charge in [0, 0.05) is 6.20 Å². The third-order valence-electron chi connectivity index (χ3n) is 4.21. The van der Waals surface area contributed by atoms with Gasteiger partial charge in [0.15, 0.2) is 0 Å². The first-order valence-corrected chi connectivity index (χ1v) is 14.9. The molecule has 0 heterocycles. The summed E-state index contributed by atoms with van der Waals surface area (Å²) in [4.78, 5) is 0.267. The van der Waals surface area contributed by atoms with Crippen LogP contribution in [-0.4, -0.2) is 33.5 Å². The molecule has 1 unspecified atom stereocenters. The van der Waals surface area contributed by atoms with Crippen LogP contribution in [0.4, 0.5) is 0 Å². The predicted molar refractivity (Wildman–Crippen MR) is 126 cm³/mol. The number of sulfonamides is 1. The number of aryl methyl sites for hydroxylation is 1. The van der Waals surface area contributed by atoms with Crippen molar-refractivity contribution in [3.8, 4) is 11.5 Å². The molecular formula is C24H31NO3SSi. The lowest BCUT2D eigenvalue weighted by Gasteiger charge is -2.21. The Bertz CT molecular complexity index is 998. The van der Waals surface area contributed by atoms with Crippen molar-refractivity contribution in [2.45, 2.75) is 51.0 Å². The molecule has 2 rings (SSSR count). The average Bonchev–Trinajstić information content (AvgIpc) is 2.68. The van der Waals surface area contributed by atoms with Crippen LogP contribution in [-0.2, 0) is 21.3 Å². The van der Waals surface area contributed by atoms with Gasteiger partial charge in [-0.15, -0.1) is 5.54 Å². The lowest BCUT2D eigenvalue weighted by atomic mass is 10.2. The number of ether oxygens (including phenoxy) is 1. The Morgan fingerprint density at radius 3 is 2.30 bits per heavy atom. The quantitative estimate of drug-likeness (QED) is 0.428. The Morgan fingerprint density at radius 1 is 1.07 bits per heavy atom. The zero-order chi connectivity index (χ0) is 22.2. The van der Waals surface area contributed by atoms with Crippen molar-refractivity contribution in [1.29, 1.82) is 0 Å². The average molecular weight is 442 g/mol. The molecule has 2 aromatic rings. The number of benzene rings is 2. The predicted octanol–water partition coefficient (Wildman–Crippen LogP) is 4.99. The van der Waals surface area contributed by atoms with E-state index in [0.717, 1.165) is 11.1 Å². The third-order valence-corrected chi connectivity index (χ3v) is 6.88. The first kappa shape index (κ1) is 23.9. The maximum absolute atomic E-state index is 13.2. The van der Waals surface area contributed by atoms with E-state index in [4.69, 9.17) is 4.74 Å². The van der Waals surface area contributed by atoms with Gasteiger partial charge in [-0.1, -0.05) is 73.6 Å². The molecule has 0 aliphatic rings. The fraction of sp³-hybridized carbons (Fsp3) is 0.333. The SMILES string of the molecule is Cc1ccc(S(=O)(=O)N(/C=C/C(C)OCC#C[Si](C)(C)C)Cc2ccccc2)cc1. The molecule has 0 bridgehead atoms. The monoisotopic (exact) mass is 441 g/mol. The summed E-state index contributed by atoms with van der Waals surface area (Å²) in [5, 5.41) is 0. The van der Waals surface area contributed by atoms with E-state index in [1.165, 1.54) is 4.31 Å². The fourth-order valence-corrected chi connectivity index (χ4v) is 4.48. The van der Waals surface area contributed by atoms with Gasteiger partial charge in [-0.25, -0.2) is 8.42 Å². The smallest absolute Gasteiger partial charge is 0.264 e. The van der Waals surface area contributed by atoms with Crippen molar-refractivity contribution < 1.29 is 13.2 Å².